The van der Waals surface area contributed by atoms with Crippen molar-refractivity contribution >= 4 is 29.9 Å². The molecule has 0 bridgehead atoms. The first kappa shape index (κ1) is 15.2. The van der Waals surface area contributed by atoms with Crippen LogP contribution in [-0.4, -0.2) is 18.5 Å². The fourth-order valence-electron chi connectivity index (χ4n) is 1.29. The lowest BCUT2D eigenvalue weighted by molar-refractivity contribution is 0.723. The molecule has 0 heterocycles. The van der Waals surface area contributed by atoms with Crippen molar-refractivity contribution in [2.75, 3.05) is 6.54 Å². The van der Waals surface area contributed by atoms with Gasteiger partial charge in [-0.15, -0.1) is 24.0 Å². The number of nitrogens with zero attached hydrogens (tertiary/aromatic N) is 1. The molecule has 90 valence electrons. The van der Waals surface area contributed by atoms with Crippen molar-refractivity contribution in [2.45, 2.75) is 26.3 Å². The molecule has 1 aromatic rings. The molecule has 4 heteroatoms. The smallest absolute Gasteiger partial charge is 0.188 e. The zero-order chi connectivity index (χ0) is 11.1. The van der Waals surface area contributed by atoms with E-state index < -0.39 is 0 Å². The highest BCUT2D eigenvalue weighted by Gasteiger charge is 1.94. The second-order valence-corrected chi connectivity index (χ2v) is 3.80. The molecule has 0 saturated carbocycles. The first-order valence-electron chi connectivity index (χ1n) is 5.29. The van der Waals surface area contributed by atoms with Crippen LogP contribution in [0, 0.1) is 0 Å². The van der Waals surface area contributed by atoms with Gasteiger partial charge < -0.3 is 11.1 Å². The van der Waals surface area contributed by atoms with Gasteiger partial charge >= 0.3 is 0 Å². The number of nitrogens with one attached hydrogen (secondary N) is 1. The van der Waals surface area contributed by atoms with Gasteiger partial charge in [-0.1, -0.05) is 30.3 Å². The van der Waals surface area contributed by atoms with Crippen LogP contribution in [0.2, 0.25) is 0 Å². The maximum atomic E-state index is 5.68. The number of nitrogens with two attached hydrogens (primary N) is 1. The van der Waals surface area contributed by atoms with Crippen LogP contribution in [0.3, 0.4) is 0 Å². The molecule has 0 aliphatic carbocycles. The SMILES string of the molecule is CC(C)NC(N)=NCCc1ccccc1.I. The second-order valence-electron chi connectivity index (χ2n) is 3.80. The summed E-state index contributed by atoms with van der Waals surface area (Å²) in [7, 11) is 0. The van der Waals surface area contributed by atoms with Gasteiger partial charge in [0, 0.05) is 12.6 Å². The molecule has 0 fully saturated rings. The highest BCUT2D eigenvalue weighted by Crippen LogP contribution is 1.99. The number of guanidine groups is 1. The van der Waals surface area contributed by atoms with E-state index in [9.17, 15) is 0 Å². The minimum atomic E-state index is 0. The lowest BCUT2D eigenvalue weighted by Gasteiger charge is -2.08. The van der Waals surface area contributed by atoms with Gasteiger partial charge in [0.2, 0.25) is 0 Å². The summed E-state index contributed by atoms with van der Waals surface area (Å²) in [5.74, 6) is 0.529. The summed E-state index contributed by atoms with van der Waals surface area (Å²) >= 11 is 0. The summed E-state index contributed by atoms with van der Waals surface area (Å²) in [6.45, 7) is 4.81. The molecule has 0 aliphatic heterocycles. The molecular weight excluding hydrogens is 313 g/mol. The van der Waals surface area contributed by atoms with E-state index in [4.69, 9.17) is 5.73 Å². The molecule has 16 heavy (non-hydrogen) atoms. The van der Waals surface area contributed by atoms with E-state index in [2.05, 4.69) is 22.4 Å². The summed E-state index contributed by atoms with van der Waals surface area (Å²) < 4.78 is 0. The van der Waals surface area contributed by atoms with E-state index in [1.807, 2.05) is 32.0 Å². The molecule has 0 spiro atoms. The molecule has 0 aromatic heterocycles. The van der Waals surface area contributed by atoms with Crippen LogP contribution in [0.25, 0.3) is 0 Å². The fraction of sp³-hybridized carbons (Fsp3) is 0.417. The third kappa shape index (κ3) is 6.66. The largest absolute Gasteiger partial charge is 0.370 e. The topological polar surface area (TPSA) is 50.4 Å². The molecule has 1 aromatic carbocycles. The summed E-state index contributed by atoms with van der Waals surface area (Å²) in [6, 6.07) is 10.6. The van der Waals surface area contributed by atoms with Crippen molar-refractivity contribution in [3.8, 4) is 0 Å². The number of halogens is 1. The summed E-state index contributed by atoms with van der Waals surface area (Å²) in [5, 5.41) is 3.06. The standard InChI is InChI=1S/C12H19N3.HI/c1-10(2)15-12(13)14-9-8-11-6-4-3-5-7-11;/h3-7,10H,8-9H2,1-2H3,(H3,13,14,15);1H. The van der Waals surface area contributed by atoms with E-state index in [0.29, 0.717) is 12.0 Å². The average Bonchev–Trinajstić information content (AvgIpc) is 2.18. The predicted molar refractivity (Wildman–Crippen MR) is 80.3 cm³/mol. The molecule has 0 unspecified atom stereocenters. The van der Waals surface area contributed by atoms with Gasteiger partial charge in [-0.05, 0) is 25.8 Å². The molecule has 3 nitrogen and oxygen atoms in total. The van der Waals surface area contributed by atoms with Crippen LogP contribution < -0.4 is 11.1 Å². The number of benzene rings is 1. The van der Waals surface area contributed by atoms with Gasteiger partial charge in [-0.3, -0.25) is 4.99 Å². The Labute approximate surface area is 115 Å². The van der Waals surface area contributed by atoms with Crippen molar-refractivity contribution in [3.05, 3.63) is 35.9 Å². The normalized spacial score (nSPS) is 11.1. The maximum Gasteiger partial charge on any atom is 0.188 e. The quantitative estimate of drug-likeness (QED) is 0.504. The number of hydrogen-bond donors (Lipinski definition) is 2. The lowest BCUT2D eigenvalue weighted by Crippen LogP contribution is -2.36. The minimum Gasteiger partial charge on any atom is -0.370 e. The van der Waals surface area contributed by atoms with Crippen molar-refractivity contribution in [1.82, 2.24) is 5.32 Å². The fourth-order valence-corrected chi connectivity index (χ4v) is 1.29. The minimum absolute atomic E-state index is 0. The monoisotopic (exact) mass is 333 g/mol. The molecule has 0 atom stereocenters. The third-order valence-corrected chi connectivity index (χ3v) is 1.96. The van der Waals surface area contributed by atoms with E-state index in [0.717, 1.165) is 13.0 Å². The molecule has 0 aliphatic rings. The Morgan fingerprint density at radius 3 is 2.50 bits per heavy atom. The Bertz CT molecular complexity index is 309. The summed E-state index contributed by atoms with van der Waals surface area (Å²) in [4.78, 5) is 4.24. The first-order valence-corrected chi connectivity index (χ1v) is 5.29. The van der Waals surface area contributed by atoms with Crippen LogP contribution in [0.1, 0.15) is 19.4 Å². The molecule has 0 radical (unpaired) electrons. The Morgan fingerprint density at radius 1 is 1.31 bits per heavy atom. The van der Waals surface area contributed by atoms with Crippen molar-refractivity contribution in [1.29, 1.82) is 0 Å². The predicted octanol–water partition coefficient (Wildman–Crippen LogP) is 2.16. The highest BCUT2D eigenvalue weighted by molar-refractivity contribution is 14.0. The zero-order valence-electron chi connectivity index (χ0n) is 9.81. The van der Waals surface area contributed by atoms with Gasteiger partial charge in [0.1, 0.15) is 0 Å². The molecular formula is C12H20IN3. The van der Waals surface area contributed by atoms with Crippen LogP contribution in [0.15, 0.2) is 35.3 Å². The average molecular weight is 333 g/mol. The Balaban J connectivity index is 0.00000225. The van der Waals surface area contributed by atoms with E-state index >= 15 is 0 Å². The van der Waals surface area contributed by atoms with E-state index in [-0.39, 0.29) is 24.0 Å². The molecule has 0 saturated heterocycles. The van der Waals surface area contributed by atoms with Crippen molar-refractivity contribution < 1.29 is 0 Å². The zero-order valence-corrected chi connectivity index (χ0v) is 12.1. The van der Waals surface area contributed by atoms with Gasteiger partial charge in [-0.2, -0.15) is 0 Å². The number of hydrogen-bond acceptors (Lipinski definition) is 1. The number of aliphatic imine (C=N–C) groups is 1. The van der Waals surface area contributed by atoms with Gasteiger partial charge in [0.15, 0.2) is 5.96 Å². The Morgan fingerprint density at radius 2 is 1.94 bits per heavy atom. The van der Waals surface area contributed by atoms with E-state index in [1.165, 1.54) is 5.56 Å². The summed E-state index contributed by atoms with van der Waals surface area (Å²) in [5.41, 5.74) is 6.97. The molecule has 0 amide bonds. The van der Waals surface area contributed by atoms with Gasteiger partial charge in [0.25, 0.3) is 0 Å². The summed E-state index contributed by atoms with van der Waals surface area (Å²) in [6.07, 6.45) is 0.932. The van der Waals surface area contributed by atoms with Crippen molar-refractivity contribution in [3.63, 3.8) is 0 Å². The molecule has 1 rings (SSSR count). The number of rotatable bonds is 4. The Kier molecular flexibility index (Phi) is 7.97. The van der Waals surface area contributed by atoms with Crippen LogP contribution in [0.4, 0.5) is 0 Å². The van der Waals surface area contributed by atoms with Crippen LogP contribution >= 0.6 is 24.0 Å². The second kappa shape index (κ2) is 8.38. The maximum absolute atomic E-state index is 5.68. The molecule has 3 N–H and O–H groups in total. The van der Waals surface area contributed by atoms with Crippen LogP contribution in [0.5, 0.6) is 0 Å². The van der Waals surface area contributed by atoms with Crippen LogP contribution in [-0.2, 0) is 6.42 Å². The van der Waals surface area contributed by atoms with Gasteiger partial charge in [0.05, 0.1) is 0 Å². The van der Waals surface area contributed by atoms with Crippen molar-refractivity contribution in [2.24, 2.45) is 10.7 Å². The lowest BCUT2D eigenvalue weighted by atomic mass is 10.2. The Hall–Kier alpha value is -0.780. The highest BCUT2D eigenvalue weighted by atomic mass is 127. The third-order valence-electron chi connectivity index (χ3n) is 1.96. The van der Waals surface area contributed by atoms with E-state index in [1.54, 1.807) is 0 Å². The first-order chi connectivity index (χ1) is 7.18. The van der Waals surface area contributed by atoms with Gasteiger partial charge in [-0.25, -0.2) is 0 Å².